The van der Waals surface area contributed by atoms with Gasteiger partial charge in [-0.05, 0) is 48.9 Å². The molecule has 2 aromatic carbocycles. The van der Waals surface area contributed by atoms with Crippen molar-refractivity contribution < 1.29 is 13.2 Å². The van der Waals surface area contributed by atoms with E-state index in [1.807, 2.05) is 25.1 Å². The second kappa shape index (κ2) is 9.87. The number of sulfonamides is 1. The average molecular weight is 454 g/mol. The van der Waals surface area contributed by atoms with Gasteiger partial charge in [0.1, 0.15) is 0 Å². The highest BCUT2D eigenvalue weighted by molar-refractivity contribution is 9.10. The number of nitrogens with zero attached hydrogens (tertiary/aromatic N) is 1. The molecule has 0 fully saturated rings. The lowest BCUT2D eigenvalue weighted by Gasteiger charge is -2.17. The topological polar surface area (TPSA) is 78.5 Å². The van der Waals surface area contributed by atoms with Crippen LogP contribution >= 0.6 is 15.9 Å². The molecule has 2 rings (SSSR count). The van der Waals surface area contributed by atoms with Gasteiger partial charge >= 0.3 is 0 Å². The van der Waals surface area contributed by atoms with E-state index < -0.39 is 10.0 Å². The Morgan fingerprint density at radius 1 is 1.11 bits per heavy atom. The Morgan fingerprint density at radius 3 is 2.44 bits per heavy atom. The Kier molecular flexibility index (Phi) is 7.82. The summed E-state index contributed by atoms with van der Waals surface area (Å²) in [4.78, 5) is 12.3. The second-order valence-electron chi connectivity index (χ2n) is 6.12. The zero-order chi connectivity index (χ0) is 19.9. The normalized spacial score (nSPS) is 11.4. The highest BCUT2D eigenvalue weighted by Gasteiger charge is 2.19. The summed E-state index contributed by atoms with van der Waals surface area (Å²) in [6.45, 7) is 2.59. The van der Waals surface area contributed by atoms with E-state index in [9.17, 15) is 13.2 Å². The fourth-order valence-corrected chi connectivity index (χ4v) is 3.99. The number of benzene rings is 2. The highest BCUT2D eigenvalue weighted by atomic mass is 79.9. The number of carbonyl (C=O) groups excluding carboxylic acids is 1. The molecule has 0 atom stereocenters. The lowest BCUT2D eigenvalue weighted by molar-refractivity contribution is -0.114. The van der Waals surface area contributed by atoms with Gasteiger partial charge in [-0.25, -0.2) is 12.7 Å². The smallest absolute Gasteiger partial charge is 0.243 e. The fraction of sp³-hybridized carbons (Fsp3) is 0.316. The zero-order valence-electron chi connectivity index (χ0n) is 15.4. The molecule has 0 aliphatic heterocycles. The maximum atomic E-state index is 12.5. The Bertz CT molecular complexity index is 870. The first-order valence-corrected chi connectivity index (χ1v) is 10.9. The van der Waals surface area contributed by atoms with E-state index in [2.05, 4.69) is 26.6 Å². The molecule has 6 nitrogen and oxygen atoms in total. The van der Waals surface area contributed by atoms with Gasteiger partial charge in [0.25, 0.3) is 0 Å². The Labute approximate surface area is 169 Å². The molecule has 1 amide bonds. The van der Waals surface area contributed by atoms with Crippen molar-refractivity contribution >= 4 is 43.2 Å². The summed E-state index contributed by atoms with van der Waals surface area (Å²) in [5.41, 5.74) is 1.38. The molecule has 0 aliphatic carbocycles. The minimum Gasteiger partial charge on any atom is -0.376 e. The summed E-state index contributed by atoms with van der Waals surface area (Å²) < 4.78 is 27.2. The van der Waals surface area contributed by atoms with Gasteiger partial charge in [-0.3, -0.25) is 4.79 Å². The number of hydrogen-bond donors (Lipinski definition) is 2. The number of rotatable bonds is 9. The van der Waals surface area contributed by atoms with Crippen molar-refractivity contribution in [2.45, 2.75) is 24.7 Å². The third kappa shape index (κ3) is 6.34. The van der Waals surface area contributed by atoms with Crippen LogP contribution in [0.2, 0.25) is 0 Å². The molecule has 2 N–H and O–H groups in total. The molecule has 0 bridgehead atoms. The summed E-state index contributed by atoms with van der Waals surface area (Å²) in [7, 11) is -1.90. The van der Waals surface area contributed by atoms with Crippen LogP contribution in [0.3, 0.4) is 0 Å². The average Bonchev–Trinajstić information content (AvgIpc) is 2.64. The van der Waals surface area contributed by atoms with Crippen molar-refractivity contribution in [3.63, 3.8) is 0 Å². The predicted octanol–water partition coefficient (Wildman–Crippen LogP) is 3.92. The van der Waals surface area contributed by atoms with E-state index in [0.29, 0.717) is 17.9 Å². The van der Waals surface area contributed by atoms with Gasteiger partial charge in [-0.2, -0.15) is 0 Å². The van der Waals surface area contributed by atoms with Crippen molar-refractivity contribution in [2.75, 3.05) is 30.8 Å². The van der Waals surface area contributed by atoms with Crippen LogP contribution in [0, 0.1) is 0 Å². The van der Waals surface area contributed by atoms with Crippen molar-refractivity contribution in [1.82, 2.24) is 4.31 Å². The van der Waals surface area contributed by atoms with Gasteiger partial charge < -0.3 is 10.6 Å². The first-order chi connectivity index (χ1) is 12.8. The molecule has 0 unspecified atom stereocenters. The number of amides is 1. The first kappa shape index (κ1) is 21.4. The third-order valence-electron chi connectivity index (χ3n) is 3.95. The minimum atomic E-state index is -3.48. The summed E-state index contributed by atoms with van der Waals surface area (Å²) in [6.07, 6.45) is 1.76. The summed E-state index contributed by atoms with van der Waals surface area (Å²) >= 11 is 3.35. The quantitative estimate of drug-likeness (QED) is 0.602. The van der Waals surface area contributed by atoms with E-state index in [0.717, 1.165) is 17.3 Å². The largest absolute Gasteiger partial charge is 0.376 e. The number of anilines is 2. The van der Waals surface area contributed by atoms with Crippen LogP contribution in [0.1, 0.15) is 19.8 Å². The van der Waals surface area contributed by atoms with Gasteiger partial charge in [-0.15, -0.1) is 0 Å². The van der Waals surface area contributed by atoms with Crippen LogP contribution in [-0.4, -0.2) is 38.8 Å². The van der Waals surface area contributed by atoms with Gasteiger partial charge in [0.2, 0.25) is 15.9 Å². The fourth-order valence-electron chi connectivity index (χ4n) is 2.38. The van der Waals surface area contributed by atoms with Crippen LogP contribution in [0.15, 0.2) is 57.9 Å². The van der Waals surface area contributed by atoms with E-state index >= 15 is 0 Å². The van der Waals surface area contributed by atoms with Crippen LogP contribution < -0.4 is 10.6 Å². The molecule has 146 valence electrons. The lowest BCUT2D eigenvalue weighted by Crippen LogP contribution is -2.27. The standard InChI is InChI=1S/C19H24BrN3O3S/c1-3-4-12-23(2)27(25,26)18-10-8-16(9-11-18)21-14-19(24)22-17-7-5-6-15(20)13-17/h5-11,13,21H,3-4,12,14H2,1-2H3,(H,22,24). The predicted molar refractivity (Wildman–Crippen MR) is 112 cm³/mol. The molecular formula is C19H24BrN3O3S. The lowest BCUT2D eigenvalue weighted by atomic mass is 10.3. The molecule has 0 saturated heterocycles. The maximum Gasteiger partial charge on any atom is 0.243 e. The third-order valence-corrected chi connectivity index (χ3v) is 6.31. The van der Waals surface area contributed by atoms with E-state index in [1.165, 1.54) is 4.31 Å². The minimum absolute atomic E-state index is 0.0784. The number of nitrogens with one attached hydrogen (secondary N) is 2. The van der Waals surface area contributed by atoms with Crippen molar-refractivity contribution in [3.05, 3.63) is 53.0 Å². The Hall–Kier alpha value is -1.90. The molecule has 0 spiro atoms. The first-order valence-electron chi connectivity index (χ1n) is 8.68. The highest BCUT2D eigenvalue weighted by Crippen LogP contribution is 2.18. The molecule has 0 radical (unpaired) electrons. The zero-order valence-corrected chi connectivity index (χ0v) is 17.8. The number of halogens is 1. The van der Waals surface area contributed by atoms with Gasteiger partial charge in [-0.1, -0.05) is 35.3 Å². The van der Waals surface area contributed by atoms with Gasteiger partial charge in [0, 0.05) is 29.4 Å². The number of carbonyl (C=O) groups is 1. The van der Waals surface area contributed by atoms with Crippen molar-refractivity contribution in [2.24, 2.45) is 0 Å². The van der Waals surface area contributed by atoms with Crippen LogP contribution in [0.5, 0.6) is 0 Å². The second-order valence-corrected chi connectivity index (χ2v) is 9.08. The molecule has 2 aromatic rings. The van der Waals surface area contributed by atoms with Gasteiger partial charge in [0.15, 0.2) is 0 Å². The van der Waals surface area contributed by atoms with Crippen LogP contribution in [0.4, 0.5) is 11.4 Å². The van der Waals surface area contributed by atoms with E-state index in [-0.39, 0.29) is 17.3 Å². The molecule has 0 aliphatic rings. The van der Waals surface area contributed by atoms with Crippen LogP contribution in [0.25, 0.3) is 0 Å². The summed E-state index contributed by atoms with van der Waals surface area (Å²) in [6, 6.07) is 13.7. The number of unbranched alkanes of at least 4 members (excludes halogenated alkanes) is 1. The van der Waals surface area contributed by atoms with Crippen LogP contribution in [-0.2, 0) is 14.8 Å². The Balaban J connectivity index is 1.92. The van der Waals surface area contributed by atoms with E-state index in [1.54, 1.807) is 37.4 Å². The molecule has 0 heterocycles. The molecule has 0 saturated carbocycles. The maximum absolute atomic E-state index is 12.5. The van der Waals surface area contributed by atoms with Crippen molar-refractivity contribution in [3.8, 4) is 0 Å². The molecule has 27 heavy (non-hydrogen) atoms. The monoisotopic (exact) mass is 453 g/mol. The molecular weight excluding hydrogens is 430 g/mol. The summed E-state index contributed by atoms with van der Waals surface area (Å²) in [5, 5.41) is 5.78. The molecule has 8 heteroatoms. The Morgan fingerprint density at radius 2 is 1.81 bits per heavy atom. The number of hydrogen-bond acceptors (Lipinski definition) is 4. The SMILES string of the molecule is CCCCN(C)S(=O)(=O)c1ccc(NCC(=O)Nc2cccc(Br)c2)cc1. The van der Waals surface area contributed by atoms with Gasteiger partial charge in [0.05, 0.1) is 11.4 Å². The van der Waals surface area contributed by atoms with E-state index in [4.69, 9.17) is 0 Å². The molecule has 0 aromatic heterocycles. The summed E-state index contributed by atoms with van der Waals surface area (Å²) in [5.74, 6) is -0.191. The van der Waals surface area contributed by atoms with Crippen molar-refractivity contribution in [1.29, 1.82) is 0 Å².